The van der Waals surface area contributed by atoms with E-state index in [1.165, 1.54) is 11.8 Å². The molecule has 0 fully saturated rings. The largest absolute Gasteiger partial charge is 0.325 e. The highest BCUT2D eigenvalue weighted by Crippen LogP contribution is 2.23. The van der Waals surface area contributed by atoms with Crippen molar-refractivity contribution < 1.29 is 14.4 Å². The Hall–Kier alpha value is -3.10. The van der Waals surface area contributed by atoms with Gasteiger partial charge >= 0.3 is 0 Å². The second kappa shape index (κ2) is 10.8. The Balaban J connectivity index is 1.56. The number of thioether (sulfide) groups is 1. The molecule has 0 saturated heterocycles. The van der Waals surface area contributed by atoms with Crippen LogP contribution >= 0.6 is 27.7 Å². The lowest BCUT2D eigenvalue weighted by atomic mass is 10.2. The predicted molar refractivity (Wildman–Crippen MR) is 126 cm³/mol. The van der Waals surface area contributed by atoms with Crippen molar-refractivity contribution in [2.75, 3.05) is 11.1 Å². The molecule has 0 bridgehead atoms. The van der Waals surface area contributed by atoms with Gasteiger partial charge in [0.25, 0.3) is 11.8 Å². The van der Waals surface area contributed by atoms with Crippen LogP contribution in [0, 0.1) is 6.92 Å². The Labute approximate surface area is 192 Å². The maximum atomic E-state index is 12.6. The van der Waals surface area contributed by atoms with Gasteiger partial charge in [-0.2, -0.15) is 0 Å². The van der Waals surface area contributed by atoms with Crippen molar-refractivity contribution in [3.05, 3.63) is 94.0 Å². The predicted octanol–water partition coefficient (Wildman–Crippen LogP) is 4.56. The van der Waals surface area contributed by atoms with Crippen LogP contribution in [-0.2, 0) is 4.79 Å². The average Bonchev–Trinajstić information content (AvgIpc) is 2.78. The second-order valence-electron chi connectivity index (χ2n) is 6.61. The standard InChI is InChI=1S/C23H20BrN3O3S/c1-15-6-12-18(13-7-15)25-21(28)14-31-20-5-3-2-4-19(20)23(30)27-26-22(29)16-8-10-17(24)11-9-16/h2-13H,14H2,1H3,(H,25,28)(H,26,29)(H,27,30). The molecular weight excluding hydrogens is 478 g/mol. The first kappa shape index (κ1) is 22.6. The van der Waals surface area contributed by atoms with Crippen molar-refractivity contribution in [2.24, 2.45) is 0 Å². The van der Waals surface area contributed by atoms with E-state index in [2.05, 4.69) is 32.1 Å². The number of carbonyl (C=O) groups is 3. The van der Waals surface area contributed by atoms with Crippen LogP contribution in [0.4, 0.5) is 5.69 Å². The fourth-order valence-corrected chi connectivity index (χ4v) is 3.73. The number of aryl methyl sites for hydroxylation is 1. The zero-order chi connectivity index (χ0) is 22.2. The van der Waals surface area contributed by atoms with E-state index in [-0.39, 0.29) is 11.7 Å². The molecular formula is C23H20BrN3O3S. The maximum Gasteiger partial charge on any atom is 0.270 e. The third kappa shape index (κ3) is 6.70. The van der Waals surface area contributed by atoms with Crippen molar-refractivity contribution >= 4 is 51.1 Å². The van der Waals surface area contributed by atoms with E-state index in [1.54, 1.807) is 48.5 Å². The number of hydrazine groups is 1. The first-order valence-corrected chi connectivity index (χ1v) is 11.1. The molecule has 31 heavy (non-hydrogen) atoms. The summed E-state index contributed by atoms with van der Waals surface area (Å²) in [6, 6.07) is 21.2. The van der Waals surface area contributed by atoms with Gasteiger partial charge in [0.2, 0.25) is 5.91 Å². The topological polar surface area (TPSA) is 87.3 Å². The van der Waals surface area contributed by atoms with E-state index < -0.39 is 11.8 Å². The number of carbonyl (C=O) groups excluding carboxylic acids is 3. The molecule has 0 aliphatic rings. The summed E-state index contributed by atoms with van der Waals surface area (Å²) in [6.45, 7) is 1.98. The lowest BCUT2D eigenvalue weighted by molar-refractivity contribution is -0.113. The minimum Gasteiger partial charge on any atom is -0.325 e. The molecule has 0 unspecified atom stereocenters. The number of amides is 3. The SMILES string of the molecule is Cc1ccc(NC(=O)CSc2ccccc2C(=O)NNC(=O)c2ccc(Br)cc2)cc1. The van der Waals surface area contributed by atoms with Gasteiger partial charge in [0.1, 0.15) is 0 Å². The minimum absolute atomic E-state index is 0.142. The Kier molecular flexibility index (Phi) is 7.86. The molecule has 0 saturated carbocycles. The summed E-state index contributed by atoms with van der Waals surface area (Å²) in [5.41, 5.74) is 7.44. The van der Waals surface area contributed by atoms with E-state index in [1.807, 2.05) is 31.2 Å². The number of hydrogen-bond acceptors (Lipinski definition) is 4. The Morgan fingerprint density at radius 3 is 2.19 bits per heavy atom. The zero-order valence-electron chi connectivity index (χ0n) is 16.6. The number of rotatable bonds is 6. The van der Waals surface area contributed by atoms with Crippen molar-refractivity contribution in [1.82, 2.24) is 10.9 Å². The summed E-state index contributed by atoms with van der Waals surface area (Å²) in [5, 5.41) is 2.83. The first-order chi connectivity index (χ1) is 14.9. The molecule has 0 aliphatic heterocycles. The third-order valence-corrected chi connectivity index (χ3v) is 5.82. The number of benzene rings is 3. The number of nitrogens with one attached hydrogen (secondary N) is 3. The highest BCUT2D eigenvalue weighted by atomic mass is 79.9. The van der Waals surface area contributed by atoms with Crippen LogP contribution in [0.2, 0.25) is 0 Å². The van der Waals surface area contributed by atoms with Crippen LogP contribution in [0.5, 0.6) is 0 Å². The molecule has 0 aliphatic carbocycles. The molecule has 0 heterocycles. The number of anilines is 1. The van der Waals surface area contributed by atoms with Crippen LogP contribution < -0.4 is 16.2 Å². The van der Waals surface area contributed by atoms with Crippen molar-refractivity contribution in [3.8, 4) is 0 Å². The molecule has 3 N–H and O–H groups in total. The molecule has 3 aromatic rings. The molecule has 3 rings (SSSR count). The Bertz CT molecular complexity index is 1090. The van der Waals surface area contributed by atoms with E-state index >= 15 is 0 Å². The molecule has 8 heteroatoms. The van der Waals surface area contributed by atoms with Crippen LogP contribution in [0.3, 0.4) is 0 Å². The van der Waals surface area contributed by atoms with Gasteiger partial charge in [-0.3, -0.25) is 25.2 Å². The van der Waals surface area contributed by atoms with Crippen LogP contribution in [0.1, 0.15) is 26.3 Å². The monoisotopic (exact) mass is 497 g/mol. The zero-order valence-corrected chi connectivity index (χ0v) is 19.0. The summed E-state index contributed by atoms with van der Waals surface area (Å²) in [6.07, 6.45) is 0. The molecule has 158 valence electrons. The second-order valence-corrected chi connectivity index (χ2v) is 8.55. The van der Waals surface area contributed by atoms with Crippen LogP contribution in [-0.4, -0.2) is 23.5 Å². The summed E-state index contributed by atoms with van der Waals surface area (Å²) in [5.74, 6) is -0.924. The fraction of sp³-hybridized carbons (Fsp3) is 0.0870. The summed E-state index contributed by atoms with van der Waals surface area (Å²) in [4.78, 5) is 37.7. The van der Waals surface area contributed by atoms with Gasteiger partial charge < -0.3 is 5.32 Å². The van der Waals surface area contributed by atoms with Crippen LogP contribution in [0.15, 0.2) is 82.2 Å². The van der Waals surface area contributed by atoms with E-state index in [0.717, 1.165) is 15.7 Å². The number of halogens is 1. The van der Waals surface area contributed by atoms with Crippen molar-refractivity contribution in [3.63, 3.8) is 0 Å². The van der Waals surface area contributed by atoms with Gasteiger partial charge in [-0.05, 0) is 55.5 Å². The fourth-order valence-electron chi connectivity index (χ4n) is 2.61. The van der Waals surface area contributed by atoms with Crippen molar-refractivity contribution in [1.29, 1.82) is 0 Å². The van der Waals surface area contributed by atoms with Gasteiger partial charge in [-0.1, -0.05) is 45.8 Å². The molecule has 0 atom stereocenters. The normalized spacial score (nSPS) is 10.3. The van der Waals surface area contributed by atoms with E-state index in [9.17, 15) is 14.4 Å². The number of hydrogen-bond donors (Lipinski definition) is 3. The molecule has 3 amide bonds. The Morgan fingerprint density at radius 1 is 0.839 bits per heavy atom. The molecule has 0 radical (unpaired) electrons. The van der Waals surface area contributed by atoms with Gasteiger partial charge in [0.05, 0.1) is 11.3 Å². The quantitative estimate of drug-likeness (QED) is 0.344. The summed E-state index contributed by atoms with van der Waals surface area (Å²) >= 11 is 4.56. The van der Waals surface area contributed by atoms with Gasteiger partial charge in [0.15, 0.2) is 0 Å². The molecule has 0 spiro atoms. The summed E-state index contributed by atoms with van der Waals surface area (Å²) < 4.78 is 0.852. The summed E-state index contributed by atoms with van der Waals surface area (Å²) in [7, 11) is 0. The Morgan fingerprint density at radius 2 is 1.48 bits per heavy atom. The maximum absolute atomic E-state index is 12.6. The average molecular weight is 498 g/mol. The lowest BCUT2D eigenvalue weighted by Gasteiger charge is -2.11. The van der Waals surface area contributed by atoms with Gasteiger partial charge in [-0.25, -0.2) is 0 Å². The molecule has 3 aromatic carbocycles. The van der Waals surface area contributed by atoms with Crippen molar-refractivity contribution in [2.45, 2.75) is 11.8 Å². The minimum atomic E-state index is -0.465. The van der Waals surface area contributed by atoms with E-state index in [0.29, 0.717) is 16.0 Å². The van der Waals surface area contributed by atoms with Crippen LogP contribution in [0.25, 0.3) is 0 Å². The smallest absolute Gasteiger partial charge is 0.270 e. The lowest BCUT2D eigenvalue weighted by Crippen LogP contribution is -2.41. The van der Waals surface area contributed by atoms with E-state index in [4.69, 9.17) is 0 Å². The highest BCUT2D eigenvalue weighted by Gasteiger charge is 2.14. The van der Waals surface area contributed by atoms with Gasteiger partial charge in [-0.15, -0.1) is 11.8 Å². The first-order valence-electron chi connectivity index (χ1n) is 9.37. The molecule has 6 nitrogen and oxygen atoms in total. The third-order valence-electron chi connectivity index (χ3n) is 4.22. The molecule has 0 aromatic heterocycles. The van der Waals surface area contributed by atoms with Gasteiger partial charge in [0, 0.05) is 20.6 Å². The highest BCUT2D eigenvalue weighted by molar-refractivity contribution is 9.10.